The summed E-state index contributed by atoms with van der Waals surface area (Å²) in [4.78, 5) is 21.5. The van der Waals surface area contributed by atoms with Crippen molar-refractivity contribution < 1.29 is 23.1 Å². The van der Waals surface area contributed by atoms with Gasteiger partial charge in [0, 0.05) is 12.8 Å². The number of rotatable bonds is 6. The number of nitriles is 1. The third-order valence-corrected chi connectivity index (χ3v) is 5.96. The normalized spacial score (nSPS) is 14.6. The van der Waals surface area contributed by atoms with Crippen LogP contribution in [0.2, 0.25) is 0 Å². The first-order chi connectivity index (χ1) is 7.67. The van der Waals surface area contributed by atoms with Crippen molar-refractivity contribution >= 4 is 30.7 Å². The van der Waals surface area contributed by atoms with Crippen LogP contribution >= 0.6 is 10.8 Å². The van der Waals surface area contributed by atoms with E-state index in [1.165, 1.54) is 13.8 Å². The van der Waals surface area contributed by atoms with Crippen LogP contribution in [0, 0.1) is 11.3 Å². The maximum atomic E-state index is 11.5. The van der Waals surface area contributed by atoms with Crippen LogP contribution in [-0.4, -0.2) is 29.4 Å². The molecule has 0 aromatic rings. The molecule has 96 valence electrons. The zero-order valence-corrected chi connectivity index (χ0v) is 11.1. The first kappa shape index (κ1) is 15.9. The van der Waals surface area contributed by atoms with Gasteiger partial charge in [0.2, 0.25) is 0 Å². The van der Waals surface area contributed by atoms with Gasteiger partial charge in [0.15, 0.2) is 0 Å². The Balaban J connectivity index is 4.88. The summed E-state index contributed by atoms with van der Waals surface area (Å²) in [5, 5.41) is 16.4. The third kappa shape index (κ3) is 5.19. The van der Waals surface area contributed by atoms with E-state index >= 15 is 0 Å². The minimum atomic E-state index is -4.07. The van der Waals surface area contributed by atoms with Crippen molar-refractivity contribution in [1.82, 2.24) is 0 Å². The van der Waals surface area contributed by atoms with Gasteiger partial charge in [-0.2, -0.15) is 5.26 Å². The summed E-state index contributed by atoms with van der Waals surface area (Å²) in [6, 6.07) is 1.74. The molecule has 0 saturated carbocycles. The quantitative estimate of drug-likeness (QED) is 0.725. The molecule has 6 nitrogen and oxygen atoms in total. The van der Waals surface area contributed by atoms with E-state index in [1.807, 2.05) is 0 Å². The molecule has 0 radical (unpaired) electrons. The van der Waals surface area contributed by atoms with Gasteiger partial charge in [0.05, 0.1) is 6.07 Å². The molecule has 0 fully saturated rings. The molecule has 0 aliphatic carbocycles. The molecule has 8 heteroatoms. The highest BCUT2D eigenvalue weighted by molar-refractivity contribution is 8.77. The molecule has 1 atom stereocenters. The van der Waals surface area contributed by atoms with Crippen molar-refractivity contribution in [1.29, 1.82) is 5.26 Å². The summed E-state index contributed by atoms with van der Waals surface area (Å²) in [5.74, 6) is -1.12. The van der Waals surface area contributed by atoms with Gasteiger partial charge in [0.25, 0.3) is 14.0 Å². The van der Waals surface area contributed by atoms with Gasteiger partial charge >= 0.3 is 5.97 Å². The summed E-state index contributed by atoms with van der Waals surface area (Å²) < 4.78 is 21.6. The highest BCUT2D eigenvalue weighted by Gasteiger charge is 2.35. The lowest BCUT2D eigenvalue weighted by Gasteiger charge is -2.18. The predicted octanol–water partition coefficient (Wildman–Crippen LogP) is 1.13. The molecule has 1 unspecified atom stereocenters. The zero-order valence-electron chi connectivity index (χ0n) is 9.47. The van der Waals surface area contributed by atoms with E-state index in [9.17, 15) is 18.0 Å². The Kier molecular flexibility index (Phi) is 5.64. The number of hydrogen-bond donors (Lipinski definition) is 1. The van der Waals surface area contributed by atoms with Crippen molar-refractivity contribution in [3.05, 3.63) is 0 Å². The Morgan fingerprint density at radius 3 is 2.35 bits per heavy atom. The molecule has 0 rings (SSSR count). The Bertz CT molecular complexity index is 450. The Labute approximate surface area is 103 Å². The second-order valence-electron chi connectivity index (χ2n) is 3.50. The lowest BCUT2D eigenvalue weighted by molar-refractivity contribution is -0.137. The van der Waals surface area contributed by atoms with Crippen molar-refractivity contribution in [3.8, 4) is 6.07 Å². The molecular formula is C9H13NO5S2. The number of aliphatic carboxylic acids is 1. The highest BCUT2D eigenvalue weighted by Crippen LogP contribution is 2.35. The monoisotopic (exact) mass is 279 g/mol. The highest BCUT2D eigenvalue weighted by atomic mass is 33.1. The standard InChI is InChI=1S/C9H13NO5S2/c1-3-8(13)17(14,15)16-9(2,6-10)5-4-7(11)12/h3-5H2,1-2H3,(H,11,12). The van der Waals surface area contributed by atoms with E-state index in [-0.39, 0.29) is 30.1 Å². The minimum absolute atomic E-state index is 0.139. The number of carbonyl (C=O) groups excluding carboxylic acids is 1. The summed E-state index contributed by atoms with van der Waals surface area (Å²) in [6.07, 6.45) is -0.637. The van der Waals surface area contributed by atoms with Crippen LogP contribution in [0.5, 0.6) is 0 Å². The van der Waals surface area contributed by atoms with E-state index in [0.29, 0.717) is 0 Å². The van der Waals surface area contributed by atoms with Gasteiger partial charge in [-0.25, -0.2) is 8.42 Å². The molecule has 1 N–H and O–H groups in total. The second kappa shape index (κ2) is 6.02. The fourth-order valence-electron chi connectivity index (χ4n) is 0.927. The van der Waals surface area contributed by atoms with Crippen LogP contribution in [0.25, 0.3) is 0 Å². The van der Waals surface area contributed by atoms with Crippen molar-refractivity contribution in [3.63, 3.8) is 0 Å². The molecule has 0 aliphatic heterocycles. The molecule has 0 aliphatic rings. The lowest BCUT2D eigenvalue weighted by Crippen LogP contribution is -2.24. The molecule has 0 spiro atoms. The van der Waals surface area contributed by atoms with Crippen molar-refractivity contribution in [2.45, 2.75) is 37.9 Å². The van der Waals surface area contributed by atoms with Gasteiger partial charge in [-0.1, -0.05) is 6.92 Å². The fraction of sp³-hybridized carbons (Fsp3) is 0.667. The largest absolute Gasteiger partial charge is 0.481 e. The van der Waals surface area contributed by atoms with Crippen LogP contribution in [0.4, 0.5) is 0 Å². The topological polar surface area (TPSA) is 112 Å². The SMILES string of the molecule is CCC(=O)S(=O)(=O)SC(C)(C#N)CCC(=O)O. The molecule has 0 saturated heterocycles. The van der Waals surface area contributed by atoms with Crippen LogP contribution in [-0.2, 0) is 18.5 Å². The van der Waals surface area contributed by atoms with Crippen LogP contribution < -0.4 is 0 Å². The molecule has 0 amide bonds. The van der Waals surface area contributed by atoms with Crippen LogP contribution in [0.15, 0.2) is 0 Å². The number of nitrogens with zero attached hydrogens (tertiary/aromatic N) is 1. The number of hydrogen-bond acceptors (Lipinski definition) is 6. The van der Waals surface area contributed by atoms with Gasteiger partial charge in [0.1, 0.15) is 4.75 Å². The van der Waals surface area contributed by atoms with Gasteiger partial charge in [-0.05, 0) is 24.1 Å². The van der Waals surface area contributed by atoms with E-state index in [2.05, 4.69) is 0 Å². The summed E-state index contributed by atoms with van der Waals surface area (Å²) >= 11 is 0. The van der Waals surface area contributed by atoms with E-state index in [4.69, 9.17) is 10.4 Å². The summed E-state index contributed by atoms with van der Waals surface area (Å²) in [5.41, 5.74) is 0. The smallest absolute Gasteiger partial charge is 0.303 e. The van der Waals surface area contributed by atoms with Crippen LogP contribution in [0.1, 0.15) is 33.1 Å². The molecule has 0 aromatic heterocycles. The third-order valence-electron chi connectivity index (χ3n) is 1.91. The maximum absolute atomic E-state index is 11.5. The van der Waals surface area contributed by atoms with Crippen molar-refractivity contribution in [2.75, 3.05) is 0 Å². The maximum Gasteiger partial charge on any atom is 0.303 e. The first-order valence-corrected chi connectivity index (χ1v) is 7.60. The van der Waals surface area contributed by atoms with E-state index in [1.54, 1.807) is 6.07 Å². The predicted molar refractivity (Wildman–Crippen MR) is 62.7 cm³/mol. The Morgan fingerprint density at radius 1 is 1.47 bits per heavy atom. The molecule has 17 heavy (non-hydrogen) atoms. The van der Waals surface area contributed by atoms with Gasteiger partial charge < -0.3 is 5.11 Å². The minimum Gasteiger partial charge on any atom is -0.481 e. The van der Waals surface area contributed by atoms with Crippen molar-refractivity contribution in [2.24, 2.45) is 0 Å². The number of carboxylic acids is 1. The van der Waals surface area contributed by atoms with Gasteiger partial charge in [-0.3, -0.25) is 9.59 Å². The van der Waals surface area contributed by atoms with Gasteiger partial charge in [-0.15, -0.1) is 0 Å². The van der Waals surface area contributed by atoms with Crippen LogP contribution in [0.3, 0.4) is 0 Å². The molecule has 0 bridgehead atoms. The summed E-state index contributed by atoms with van der Waals surface area (Å²) in [7, 11) is -3.84. The number of carbonyl (C=O) groups is 2. The lowest BCUT2D eigenvalue weighted by atomic mass is 10.1. The number of carboxylic acid groups (broad SMARTS) is 1. The average molecular weight is 279 g/mol. The Hall–Kier alpha value is -1.07. The van der Waals surface area contributed by atoms with E-state index in [0.717, 1.165) is 0 Å². The summed E-state index contributed by atoms with van der Waals surface area (Å²) in [6.45, 7) is 2.71. The van der Waals surface area contributed by atoms with E-state index < -0.39 is 24.7 Å². The molecular weight excluding hydrogens is 266 g/mol. The first-order valence-electron chi connectivity index (χ1n) is 4.78. The molecule has 0 heterocycles. The molecule has 0 aromatic carbocycles. The Morgan fingerprint density at radius 2 is 2.00 bits per heavy atom. The second-order valence-corrected chi connectivity index (χ2v) is 7.75. The zero-order chi connectivity index (χ0) is 13.7. The fourth-order valence-corrected chi connectivity index (χ4v) is 4.53. The average Bonchev–Trinajstić information content (AvgIpc) is 2.24.